The predicted molar refractivity (Wildman–Crippen MR) is 78.3 cm³/mol. The maximum Gasteiger partial charge on any atom is 0.196 e. The molecule has 2 heterocycles. The van der Waals surface area contributed by atoms with Crippen molar-refractivity contribution in [2.24, 2.45) is 7.05 Å². The Morgan fingerprint density at radius 2 is 2.16 bits per heavy atom. The molecule has 0 amide bonds. The number of halogens is 1. The molecule has 0 aliphatic heterocycles. The molecule has 6 nitrogen and oxygen atoms in total. The Morgan fingerprint density at radius 3 is 2.89 bits per heavy atom. The number of rotatable bonds is 3. The van der Waals surface area contributed by atoms with E-state index < -0.39 is 0 Å². The van der Waals surface area contributed by atoms with Gasteiger partial charge in [0.05, 0.1) is 13.2 Å². The van der Waals surface area contributed by atoms with Crippen LogP contribution in [0, 0.1) is 3.57 Å². The van der Waals surface area contributed by atoms with Crippen LogP contribution in [0.2, 0.25) is 0 Å². The van der Waals surface area contributed by atoms with E-state index >= 15 is 0 Å². The van der Waals surface area contributed by atoms with Crippen LogP contribution in [0.5, 0.6) is 0 Å². The van der Waals surface area contributed by atoms with Crippen molar-refractivity contribution in [2.75, 3.05) is 0 Å². The standard InChI is InChI=1S/C12H11IN6/c1-18-16-12(15-17-18)8-19-7-10(6-14-19)9-3-2-4-11(13)5-9/h2-7H,8H2,1H3. The second-order valence-corrected chi connectivity index (χ2v) is 5.38. The fraction of sp³-hybridized carbons (Fsp3) is 0.167. The van der Waals surface area contributed by atoms with Gasteiger partial charge in [0.1, 0.15) is 6.54 Å². The Kier molecular flexibility index (Phi) is 3.28. The molecule has 0 aliphatic carbocycles. The van der Waals surface area contributed by atoms with Crippen LogP contribution in [0.15, 0.2) is 36.7 Å². The summed E-state index contributed by atoms with van der Waals surface area (Å²) in [5.41, 5.74) is 2.24. The van der Waals surface area contributed by atoms with Crippen LogP contribution in [-0.4, -0.2) is 30.0 Å². The molecule has 2 aromatic heterocycles. The molecule has 96 valence electrons. The second kappa shape index (κ2) is 5.08. The Labute approximate surface area is 123 Å². The van der Waals surface area contributed by atoms with Crippen molar-refractivity contribution < 1.29 is 0 Å². The van der Waals surface area contributed by atoms with E-state index in [0.29, 0.717) is 12.4 Å². The Hall–Kier alpha value is -1.77. The van der Waals surface area contributed by atoms with Gasteiger partial charge in [0.2, 0.25) is 0 Å². The molecule has 0 saturated heterocycles. The molecule has 0 radical (unpaired) electrons. The van der Waals surface area contributed by atoms with Crippen LogP contribution in [-0.2, 0) is 13.6 Å². The molecular formula is C12H11IN6. The minimum atomic E-state index is 0.526. The van der Waals surface area contributed by atoms with Crippen LogP contribution >= 0.6 is 22.6 Å². The van der Waals surface area contributed by atoms with Gasteiger partial charge in [-0.1, -0.05) is 12.1 Å². The lowest BCUT2D eigenvalue weighted by Crippen LogP contribution is -2.02. The maximum absolute atomic E-state index is 4.32. The molecule has 0 aliphatic rings. The summed E-state index contributed by atoms with van der Waals surface area (Å²) < 4.78 is 3.02. The number of benzene rings is 1. The van der Waals surface area contributed by atoms with Gasteiger partial charge in [-0.25, -0.2) is 0 Å². The van der Waals surface area contributed by atoms with Gasteiger partial charge in [0, 0.05) is 15.3 Å². The minimum Gasteiger partial charge on any atom is -0.264 e. The number of hydrogen-bond donors (Lipinski definition) is 0. The van der Waals surface area contributed by atoms with E-state index in [0.717, 1.165) is 11.1 Å². The SMILES string of the molecule is Cn1nnc(Cn2cc(-c3cccc(I)c3)cn2)n1. The van der Waals surface area contributed by atoms with Crippen LogP contribution in [0.3, 0.4) is 0 Å². The van der Waals surface area contributed by atoms with Crippen LogP contribution in [0.25, 0.3) is 11.1 Å². The van der Waals surface area contributed by atoms with Gasteiger partial charge in [0.15, 0.2) is 5.82 Å². The van der Waals surface area contributed by atoms with Gasteiger partial charge in [0.25, 0.3) is 0 Å². The van der Waals surface area contributed by atoms with E-state index in [2.05, 4.69) is 61.3 Å². The summed E-state index contributed by atoms with van der Waals surface area (Å²) in [5.74, 6) is 0.653. The molecule has 3 rings (SSSR count). The van der Waals surface area contributed by atoms with Gasteiger partial charge < -0.3 is 0 Å². The van der Waals surface area contributed by atoms with Crippen molar-refractivity contribution in [3.8, 4) is 11.1 Å². The summed E-state index contributed by atoms with van der Waals surface area (Å²) in [6.45, 7) is 0.526. The molecule has 0 N–H and O–H groups in total. The Bertz CT molecular complexity index is 702. The van der Waals surface area contributed by atoms with Crippen molar-refractivity contribution in [3.63, 3.8) is 0 Å². The topological polar surface area (TPSA) is 61.4 Å². The number of aromatic nitrogens is 6. The average Bonchev–Trinajstić information content (AvgIpc) is 2.99. The minimum absolute atomic E-state index is 0.526. The van der Waals surface area contributed by atoms with Crippen LogP contribution in [0.4, 0.5) is 0 Å². The fourth-order valence-electron chi connectivity index (χ4n) is 1.80. The van der Waals surface area contributed by atoms with Gasteiger partial charge in [-0.15, -0.1) is 10.2 Å². The van der Waals surface area contributed by atoms with Crippen LogP contribution in [0.1, 0.15) is 5.82 Å². The van der Waals surface area contributed by atoms with E-state index in [1.54, 1.807) is 7.05 Å². The lowest BCUT2D eigenvalue weighted by atomic mass is 10.1. The monoisotopic (exact) mass is 366 g/mol. The number of hydrogen-bond acceptors (Lipinski definition) is 4. The lowest BCUT2D eigenvalue weighted by molar-refractivity contribution is 0.617. The molecule has 3 aromatic rings. The van der Waals surface area contributed by atoms with E-state index in [1.165, 1.54) is 8.37 Å². The molecule has 0 fully saturated rings. The first-order valence-corrected chi connectivity index (χ1v) is 6.80. The molecule has 19 heavy (non-hydrogen) atoms. The van der Waals surface area contributed by atoms with E-state index in [1.807, 2.05) is 23.1 Å². The highest BCUT2D eigenvalue weighted by atomic mass is 127. The normalized spacial score (nSPS) is 10.8. The summed E-state index contributed by atoms with van der Waals surface area (Å²) in [6, 6.07) is 8.31. The van der Waals surface area contributed by atoms with Gasteiger partial charge in [-0.2, -0.15) is 9.90 Å². The number of tetrazole rings is 1. The summed E-state index contributed by atoms with van der Waals surface area (Å²) in [5, 5.41) is 16.2. The Morgan fingerprint density at radius 1 is 1.26 bits per heavy atom. The highest BCUT2D eigenvalue weighted by molar-refractivity contribution is 14.1. The van der Waals surface area contributed by atoms with Crippen molar-refractivity contribution >= 4 is 22.6 Å². The zero-order chi connectivity index (χ0) is 13.2. The second-order valence-electron chi connectivity index (χ2n) is 4.13. The number of aryl methyl sites for hydroxylation is 1. The van der Waals surface area contributed by atoms with Gasteiger partial charge >= 0.3 is 0 Å². The van der Waals surface area contributed by atoms with Gasteiger partial charge in [-0.05, 0) is 45.5 Å². The first-order chi connectivity index (χ1) is 9.20. The predicted octanol–water partition coefficient (Wildman–Crippen LogP) is 1.73. The first kappa shape index (κ1) is 12.3. The molecule has 7 heteroatoms. The molecule has 0 bridgehead atoms. The summed E-state index contributed by atoms with van der Waals surface area (Å²) in [4.78, 5) is 1.44. The molecule has 0 spiro atoms. The highest BCUT2D eigenvalue weighted by Gasteiger charge is 2.05. The first-order valence-electron chi connectivity index (χ1n) is 5.72. The smallest absolute Gasteiger partial charge is 0.196 e. The largest absolute Gasteiger partial charge is 0.264 e. The third kappa shape index (κ3) is 2.80. The molecule has 0 saturated carbocycles. The zero-order valence-electron chi connectivity index (χ0n) is 10.2. The fourth-order valence-corrected chi connectivity index (χ4v) is 2.34. The zero-order valence-corrected chi connectivity index (χ0v) is 12.4. The number of nitrogens with zero attached hydrogens (tertiary/aromatic N) is 6. The van der Waals surface area contributed by atoms with Gasteiger partial charge in [-0.3, -0.25) is 4.68 Å². The quantitative estimate of drug-likeness (QED) is 0.663. The Balaban J connectivity index is 1.83. The molecular weight excluding hydrogens is 355 g/mol. The lowest BCUT2D eigenvalue weighted by Gasteiger charge is -1.97. The highest BCUT2D eigenvalue weighted by Crippen LogP contribution is 2.20. The average molecular weight is 366 g/mol. The van der Waals surface area contributed by atoms with E-state index in [-0.39, 0.29) is 0 Å². The van der Waals surface area contributed by atoms with Crippen LogP contribution < -0.4 is 0 Å². The van der Waals surface area contributed by atoms with Crippen molar-refractivity contribution in [3.05, 3.63) is 46.1 Å². The van der Waals surface area contributed by atoms with E-state index in [4.69, 9.17) is 0 Å². The summed E-state index contributed by atoms with van der Waals surface area (Å²) >= 11 is 2.30. The maximum atomic E-state index is 4.32. The van der Waals surface area contributed by atoms with Crippen molar-refractivity contribution in [1.29, 1.82) is 0 Å². The van der Waals surface area contributed by atoms with Crippen molar-refractivity contribution in [1.82, 2.24) is 30.0 Å². The summed E-state index contributed by atoms with van der Waals surface area (Å²) in [6.07, 6.45) is 3.84. The summed E-state index contributed by atoms with van der Waals surface area (Å²) in [7, 11) is 1.75. The third-order valence-corrected chi connectivity index (χ3v) is 3.32. The molecule has 0 atom stereocenters. The molecule has 0 unspecified atom stereocenters. The van der Waals surface area contributed by atoms with E-state index in [9.17, 15) is 0 Å². The third-order valence-electron chi connectivity index (χ3n) is 2.64. The molecule has 1 aromatic carbocycles. The van der Waals surface area contributed by atoms with Crippen molar-refractivity contribution in [2.45, 2.75) is 6.54 Å².